The Morgan fingerprint density at radius 1 is 1.28 bits per heavy atom. The van der Waals surface area contributed by atoms with Gasteiger partial charge in [0.15, 0.2) is 0 Å². The van der Waals surface area contributed by atoms with Gasteiger partial charge in [-0.15, -0.1) is 0 Å². The molecular formula is C15H17NO2. The van der Waals surface area contributed by atoms with Gasteiger partial charge in [0.05, 0.1) is 13.2 Å². The average molecular weight is 243 g/mol. The van der Waals surface area contributed by atoms with E-state index in [0.29, 0.717) is 6.42 Å². The van der Waals surface area contributed by atoms with Crippen LogP contribution in [-0.4, -0.2) is 17.2 Å². The molecule has 0 aliphatic rings. The van der Waals surface area contributed by atoms with Crippen molar-refractivity contribution in [3.8, 4) is 5.75 Å². The highest BCUT2D eigenvalue weighted by molar-refractivity contribution is 5.30. The third-order valence-corrected chi connectivity index (χ3v) is 2.84. The monoisotopic (exact) mass is 243 g/mol. The number of ether oxygens (including phenoxy) is 1. The van der Waals surface area contributed by atoms with Crippen molar-refractivity contribution < 1.29 is 9.84 Å². The van der Waals surface area contributed by atoms with Gasteiger partial charge in [-0.2, -0.15) is 0 Å². The van der Waals surface area contributed by atoms with Crippen LogP contribution in [0, 0.1) is 6.92 Å². The molecule has 0 spiro atoms. The number of aromatic nitrogens is 1. The number of nitrogens with zero attached hydrogens (tertiary/aromatic N) is 1. The van der Waals surface area contributed by atoms with E-state index >= 15 is 0 Å². The van der Waals surface area contributed by atoms with E-state index in [1.807, 2.05) is 37.3 Å². The molecule has 0 radical (unpaired) electrons. The van der Waals surface area contributed by atoms with Crippen molar-refractivity contribution in [2.75, 3.05) is 7.11 Å². The van der Waals surface area contributed by atoms with Crippen molar-refractivity contribution in [1.29, 1.82) is 0 Å². The number of hydrogen-bond acceptors (Lipinski definition) is 3. The lowest BCUT2D eigenvalue weighted by molar-refractivity contribution is 0.178. The normalized spacial score (nSPS) is 12.2. The molecule has 3 nitrogen and oxygen atoms in total. The molecule has 2 aromatic rings. The molecule has 0 saturated carbocycles. The van der Waals surface area contributed by atoms with Gasteiger partial charge in [0.1, 0.15) is 5.75 Å². The van der Waals surface area contributed by atoms with Crippen LogP contribution in [0.4, 0.5) is 0 Å². The van der Waals surface area contributed by atoms with E-state index in [0.717, 1.165) is 22.4 Å². The Bertz CT molecular complexity index is 525. The third kappa shape index (κ3) is 3.08. The maximum absolute atomic E-state index is 10.2. The molecule has 0 fully saturated rings. The first-order chi connectivity index (χ1) is 8.69. The minimum atomic E-state index is -0.537. The average Bonchev–Trinajstić information content (AvgIpc) is 2.39. The number of benzene rings is 1. The predicted octanol–water partition coefficient (Wildman–Crippen LogP) is 2.67. The van der Waals surface area contributed by atoms with Crippen molar-refractivity contribution in [2.24, 2.45) is 0 Å². The molecular weight excluding hydrogens is 226 g/mol. The Morgan fingerprint density at radius 3 is 2.83 bits per heavy atom. The van der Waals surface area contributed by atoms with E-state index < -0.39 is 6.10 Å². The SMILES string of the molecule is COc1cccc(CC(O)c2cncc(C)c2)c1. The number of methoxy groups -OCH3 is 1. The van der Waals surface area contributed by atoms with Crippen molar-refractivity contribution in [2.45, 2.75) is 19.4 Å². The minimum Gasteiger partial charge on any atom is -0.497 e. The van der Waals surface area contributed by atoms with Crippen LogP contribution >= 0.6 is 0 Å². The van der Waals surface area contributed by atoms with E-state index in [1.54, 1.807) is 19.5 Å². The number of pyridine rings is 1. The van der Waals surface area contributed by atoms with E-state index in [1.165, 1.54) is 0 Å². The van der Waals surface area contributed by atoms with Gasteiger partial charge in [-0.3, -0.25) is 4.98 Å². The van der Waals surface area contributed by atoms with Crippen LogP contribution in [-0.2, 0) is 6.42 Å². The highest BCUT2D eigenvalue weighted by Crippen LogP contribution is 2.21. The van der Waals surface area contributed by atoms with E-state index in [-0.39, 0.29) is 0 Å². The van der Waals surface area contributed by atoms with Crippen molar-refractivity contribution >= 4 is 0 Å². The summed E-state index contributed by atoms with van der Waals surface area (Å²) >= 11 is 0. The molecule has 1 atom stereocenters. The first-order valence-electron chi connectivity index (χ1n) is 5.91. The summed E-state index contributed by atoms with van der Waals surface area (Å²) in [5.74, 6) is 0.807. The molecule has 1 unspecified atom stereocenters. The van der Waals surface area contributed by atoms with Crippen LogP contribution in [0.15, 0.2) is 42.7 Å². The second-order valence-electron chi connectivity index (χ2n) is 4.37. The number of rotatable bonds is 4. The van der Waals surface area contributed by atoms with Gasteiger partial charge in [-0.25, -0.2) is 0 Å². The van der Waals surface area contributed by atoms with Gasteiger partial charge in [-0.05, 0) is 35.7 Å². The van der Waals surface area contributed by atoms with Gasteiger partial charge < -0.3 is 9.84 Å². The van der Waals surface area contributed by atoms with Crippen molar-refractivity contribution in [3.63, 3.8) is 0 Å². The van der Waals surface area contributed by atoms with E-state index in [4.69, 9.17) is 4.74 Å². The third-order valence-electron chi connectivity index (χ3n) is 2.84. The summed E-state index contributed by atoms with van der Waals surface area (Å²) in [4.78, 5) is 4.10. The molecule has 94 valence electrons. The van der Waals surface area contributed by atoms with E-state index in [9.17, 15) is 5.11 Å². The zero-order valence-corrected chi connectivity index (χ0v) is 10.6. The fourth-order valence-corrected chi connectivity index (χ4v) is 1.90. The van der Waals surface area contributed by atoms with Crippen molar-refractivity contribution in [1.82, 2.24) is 4.98 Å². The molecule has 0 amide bonds. The number of aryl methyl sites for hydroxylation is 1. The van der Waals surface area contributed by atoms with Gasteiger partial charge >= 0.3 is 0 Å². The lowest BCUT2D eigenvalue weighted by Crippen LogP contribution is -2.03. The Hall–Kier alpha value is -1.87. The van der Waals surface area contributed by atoms with Crippen LogP contribution in [0.5, 0.6) is 5.75 Å². The Labute approximate surface area is 107 Å². The summed E-state index contributed by atoms with van der Waals surface area (Å²) in [6.07, 6.45) is 3.51. The summed E-state index contributed by atoms with van der Waals surface area (Å²) in [5, 5.41) is 10.2. The lowest BCUT2D eigenvalue weighted by Gasteiger charge is -2.12. The molecule has 0 aliphatic heterocycles. The fraction of sp³-hybridized carbons (Fsp3) is 0.267. The Morgan fingerprint density at radius 2 is 2.11 bits per heavy atom. The highest BCUT2D eigenvalue weighted by atomic mass is 16.5. The molecule has 3 heteroatoms. The maximum atomic E-state index is 10.2. The minimum absolute atomic E-state index is 0.537. The highest BCUT2D eigenvalue weighted by Gasteiger charge is 2.09. The van der Waals surface area contributed by atoms with Gasteiger partial charge in [0.2, 0.25) is 0 Å². The van der Waals surface area contributed by atoms with Crippen LogP contribution in [0.3, 0.4) is 0 Å². The summed E-state index contributed by atoms with van der Waals surface area (Å²) in [7, 11) is 1.64. The van der Waals surface area contributed by atoms with Gasteiger partial charge in [-0.1, -0.05) is 18.2 Å². The van der Waals surface area contributed by atoms with Gasteiger partial charge in [0, 0.05) is 18.8 Å². The summed E-state index contributed by atoms with van der Waals surface area (Å²) in [6, 6.07) is 9.69. The van der Waals surface area contributed by atoms with Crippen LogP contribution < -0.4 is 4.74 Å². The number of hydrogen-bond donors (Lipinski definition) is 1. The molecule has 0 aliphatic carbocycles. The number of aliphatic hydroxyl groups excluding tert-OH is 1. The fourth-order valence-electron chi connectivity index (χ4n) is 1.90. The lowest BCUT2D eigenvalue weighted by atomic mass is 10.0. The van der Waals surface area contributed by atoms with Crippen LogP contribution in [0.2, 0.25) is 0 Å². The number of aliphatic hydroxyl groups is 1. The quantitative estimate of drug-likeness (QED) is 0.897. The van der Waals surface area contributed by atoms with Crippen molar-refractivity contribution in [3.05, 3.63) is 59.4 Å². The topological polar surface area (TPSA) is 42.4 Å². The summed E-state index contributed by atoms with van der Waals surface area (Å²) in [5.41, 5.74) is 2.94. The summed E-state index contributed by atoms with van der Waals surface area (Å²) in [6.45, 7) is 1.97. The predicted molar refractivity (Wildman–Crippen MR) is 70.6 cm³/mol. The Kier molecular flexibility index (Phi) is 3.95. The first-order valence-corrected chi connectivity index (χ1v) is 5.91. The molecule has 1 heterocycles. The zero-order chi connectivity index (χ0) is 13.0. The second kappa shape index (κ2) is 5.65. The standard InChI is InChI=1S/C15H17NO2/c1-11-6-13(10-16-9-11)15(17)8-12-4-3-5-14(7-12)18-2/h3-7,9-10,15,17H,8H2,1-2H3. The molecule has 1 N–H and O–H groups in total. The largest absolute Gasteiger partial charge is 0.497 e. The molecule has 0 saturated heterocycles. The molecule has 18 heavy (non-hydrogen) atoms. The Balaban J connectivity index is 2.13. The second-order valence-corrected chi connectivity index (χ2v) is 4.37. The van der Waals surface area contributed by atoms with Gasteiger partial charge in [0.25, 0.3) is 0 Å². The first kappa shape index (κ1) is 12.6. The molecule has 1 aromatic carbocycles. The van der Waals surface area contributed by atoms with E-state index in [2.05, 4.69) is 4.98 Å². The van der Waals surface area contributed by atoms with Crippen LogP contribution in [0.1, 0.15) is 22.8 Å². The summed E-state index contributed by atoms with van der Waals surface area (Å²) < 4.78 is 5.17. The zero-order valence-electron chi connectivity index (χ0n) is 10.6. The molecule has 1 aromatic heterocycles. The molecule has 2 rings (SSSR count). The molecule has 0 bridgehead atoms. The van der Waals surface area contributed by atoms with Crippen LogP contribution in [0.25, 0.3) is 0 Å². The maximum Gasteiger partial charge on any atom is 0.119 e. The smallest absolute Gasteiger partial charge is 0.119 e.